The Kier molecular flexibility index (Phi) is 7.39. The Morgan fingerprint density at radius 3 is 2.91 bits per heavy atom. The van der Waals surface area contributed by atoms with Gasteiger partial charge in [-0.2, -0.15) is 11.8 Å². The zero-order chi connectivity index (χ0) is 23.4. The monoisotopic (exact) mass is 490 g/mol. The van der Waals surface area contributed by atoms with Gasteiger partial charge in [-0.15, -0.1) is 0 Å². The van der Waals surface area contributed by atoms with Crippen LogP contribution in [0.4, 0.5) is 4.79 Å². The summed E-state index contributed by atoms with van der Waals surface area (Å²) in [5.74, 6) is 2.05. The number of fused-ring (bicyclic) bond motifs is 1. The molecule has 0 bridgehead atoms. The summed E-state index contributed by atoms with van der Waals surface area (Å²) in [6.07, 6.45) is 2.95. The molecule has 2 aliphatic heterocycles. The van der Waals surface area contributed by atoms with Gasteiger partial charge in [-0.05, 0) is 43.6 Å². The number of amides is 2. The van der Waals surface area contributed by atoms with Crippen molar-refractivity contribution in [2.24, 2.45) is 0 Å². The second-order valence-corrected chi connectivity index (χ2v) is 9.35. The van der Waals surface area contributed by atoms with Crippen molar-refractivity contribution in [2.75, 3.05) is 31.2 Å². The maximum atomic E-state index is 13.0. The van der Waals surface area contributed by atoms with Crippen molar-refractivity contribution >= 4 is 35.5 Å². The molecule has 3 N–H and O–H groups in total. The van der Waals surface area contributed by atoms with Crippen LogP contribution in [0.2, 0.25) is 0 Å². The number of aromatic nitrogens is 2. The highest BCUT2D eigenvalue weighted by molar-refractivity contribution is 7.99. The fourth-order valence-corrected chi connectivity index (χ4v) is 4.95. The first-order valence-corrected chi connectivity index (χ1v) is 12.9. The molecule has 9 nitrogen and oxygen atoms in total. The van der Waals surface area contributed by atoms with Crippen LogP contribution in [0.15, 0.2) is 34.6 Å². The minimum absolute atomic E-state index is 0.140. The van der Waals surface area contributed by atoms with Crippen molar-refractivity contribution in [3.8, 4) is 11.5 Å². The molecule has 2 aromatic rings. The van der Waals surface area contributed by atoms with Crippen LogP contribution in [0.25, 0.3) is 0 Å². The molecule has 11 heteroatoms. The maximum Gasteiger partial charge on any atom is 0.338 e. The average molecular weight is 491 g/mol. The molecule has 4 rings (SSSR count). The van der Waals surface area contributed by atoms with E-state index in [1.807, 2.05) is 13.0 Å². The van der Waals surface area contributed by atoms with Crippen LogP contribution >= 0.6 is 23.5 Å². The predicted molar refractivity (Wildman–Crippen MR) is 127 cm³/mol. The number of urea groups is 1. The Morgan fingerprint density at radius 2 is 2.12 bits per heavy atom. The SMILES string of the molecule is CCOC(=O)C1=C(CSc2nc(CCSC)c(C)[nH]2)NC(=O)N[C@@H]1c1ccc2c(c1)OCO2. The summed E-state index contributed by atoms with van der Waals surface area (Å²) < 4.78 is 16.2. The zero-order valence-corrected chi connectivity index (χ0v) is 20.3. The number of nitrogens with one attached hydrogen (secondary N) is 3. The summed E-state index contributed by atoms with van der Waals surface area (Å²) in [7, 11) is 0. The van der Waals surface area contributed by atoms with Gasteiger partial charge in [-0.3, -0.25) is 0 Å². The summed E-state index contributed by atoms with van der Waals surface area (Å²) in [4.78, 5) is 33.4. The number of esters is 1. The van der Waals surface area contributed by atoms with Gasteiger partial charge in [0.25, 0.3) is 0 Å². The van der Waals surface area contributed by atoms with Crippen LogP contribution < -0.4 is 20.1 Å². The topological polar surface area (TPSA) is 115 Å². The lowest BCUT2D eigenvalue weighted by Crippen LogP contribution is -2.46. The van der Waals surface area contributed by atoms with E-state index in [2.05, 4.69) is 26.9 Å². The maximum absolute atomic E-state index is 13.0. The summed E-state index contributed by atoms with van der Waals surface area (Å²) in [5.41, 5.74) is 3.60. The molecule has 0 radical (unpaired) electrons. The number of hydrogen-bond acceptors (Lipinski definition) is 8. The first-order chi connectivity index (χ1) is 16.0. The zero-order valence-electron chi connectivity index (χ0n) is 18.6. The van der Waals surface area contributed by atoms with Gasteiger partial charge in [0.2, 0.25) is 6.79 Å². The number of imidazole rings is 1. The van der Waals surface area contributed by atoms with Crippen LogP contribution in [-0.4, -0.2) is 53.1 Å². The number of aromatic amines is 1. The molecule has 0 saturated heterocycles. The molecule has 0 saturated carbocycles. The quantitative estimate of drug-likeness (QED) is 0.362. The lowest BCUT2D eigenvalue weighted by Gasteiger charge is -2.29. The van der Waals surface area contributed by atoms with Crippen molar-refractivity contribution < 1.29 is 23.8 Å². The van der Waals surface area contributed by atoms with Gasteiger partial charge in [-0.1, -0.05) is 17.8 Å². The lowest BCUT2D eigenvalue weighted by molar-refractivity contribution is -0.139. The van der Waals surface area contributed by atoms with Crippen molar-refractivity contribution in [3.63, 3.8) is 0 Å². The second kappa shape index (κ2) is 10.4. The van der Waals surface area contributed by atoms with Crippen molar-refractivity contribution in [2.45, 2.75) is 31.5 Å². The second-order valence-electron chi connectivity index (χ2n) is 7.40. The molecule has 0 fully saturated rings. The third kappa shape index (κ3) is 5.25. The molecule has 2 amide bonds. The molecule has 1 aromatic heterocycles. The highest BCUT2D eigenvalue weighted by Gasteiger charge is 2.34. The average Bonchev–Trinajstić information content (AvgIpc) is 3.41. The number of carbonyl (C=O) groups is 2. The Labute approximate surface area is 200 Å². The van der Waals surface area contributed by atoms with Crippen LogP contribution in [0.5, 0.6) is 11.5 Å². The third-order valence-electron chi connectivity index (χ3n) is 5.24. The number of rotatable bonds is 9. The Balaban J connectivity index is 1.63. The molecule has 3 heterocycles. The van der Waals surface area contributed by atoms with E-state index < -0.39 is 18.0 Å². The van der Waals surface area contributed by atoms with E-state index in [9.17, 15) is 9.59 Å². The van der Waals surface area contributed by atoms with Crippen LogP contribution in [-0.2, 0) is 16.0 Å². The van der Waals surface area contributed by atoms with Crippen molar-refractivity contribution in [1.29, 1.82) is 0 Å². The first-order valence-electron chi connectivity index (χ1n) is 10.5. The Hall–Kier alpha value is -2.79. The number of aryl methyl sites for hydroxylation is 2. The van der Waals surface area contributed by atoms with E-state index in [4.69, 9.17) is 14.2 Å². The minimum atomic E-state index is -0.682. The molecule has 1 atom stereocenters. The molecule has 2 aliphatic rings. The van der Waals surface area contributed by atoms with E-state index in [1.54, 1.807) is 30.8 Å². The fourth-order valence-electron chi connectivity index (χ4n) is 3.64. The predicted octanol–water partition coefficient (Wildman–Crippen LogP) is 3.32. The lowest BCUT2D eigenvalue weighted by atomic mass is 9.95. The molecular weight excluding hydrogens is 464 g/mol. The number of ether oxygens (including phenoxy) is 3. The summed E-state index contributed by atoms with van der Waals surface area (Å²) >= 11 is 3.20. The largest absolute Gasteiger partial charge is 0.463 e. The minimum Gasteiger partial charge on any atom is -0.463 e. The number of thioether (sulfide) groups is 2. The Morgan fingerprint density at radius 1 is 1.30 bits per heavy atom. The number of nitrogens with zero attached hydrogens (tertiary/aromatic N) is 1. The highest BCUT2D eigenvalue weighted by atomic mass is 32.2. The highest BCUT2D eigenvalue weighted by Crippen LogP contribution is 2.37. The normalized spacial score (nSPS) is 17.1. The van der Waals surface area contributed by atoms with Crippen molar-refractivity contribution in [1.82, 2.24) is 20.6 Å². The van der Waals surface area contributed by atoms with Gasteiger partial charge in [0, 0.05) is 23.6 Å². The summed E-state index contributed by atoms with van der Waals surface area (Å²) in [5, 5.41) is 6.37. The molecular formula is C22H26N4O5S2. The summed E-state index contributed by atoms with van der Waals surface area (Å²) in [6, 6.07) is 4.28. The number of hydrogen-bond donors (Lipinski definition) is 3. The molecule has 0 unspecified atom stereocenters. The number of carbonyl (C=O) groups excluding carboxylic acids is 2. The first kappa shape index (κ1) is 23.4. The summed E-state index contributed by atoms with van der Waals surface area (Å²) in [6.45, 7) is 4.11. The third-order valence-corrected chi connectivity index (χ3v) is 6.75. The van der Waals surface area contributed by atoms with Crippen LogP contribution in [0.1, 0.15) is 29.9 Å². The Bertz CT molecular complexity index is 1080. The van der Waals surface area contributed by atoms with E-state index in [0.29, 0.717) is 34.1 Å². The molecule has 1 aromatic carbocycles. The molecule has 0 aliphatic carbocycles. The van der Waals surface area contributed by atoms with Gasteiger partial charge in [0.1, 0.15) is 0 Å². The van der Waals surface area contributed by atoms with Gasteiger partial charge in [0.15, 0.2) is 16.7 Å². The van der Waals surface area contributed by atoms with Crippen LogP contribution in [0.3, 0.4) is 0 Å². The molecule has 0 spiro atoms. The fraction of sp³-hybridized carbons (Fsp3) is 0.409. The molecule has 176 valence electrons. The molecule has 33 heavy (non-hydrogen) atoms. The number of H-pyrrole nitrogens is 1. The van der Waals surface area contributed by atoms with Crippen molar-refractivity contribution in [3.05, 3.63) is 46.4 Å². The van der Waals surface area contributed by atoms with Gasteiger partial charge in [0.05, 0.1) is 23.9 Å². The van der Waals surface area contributed by atoms with E-state index >= 15 is 0 Å². The standard InChI is InChI=1S/C22H26N4O5S2/c1-4-29-20(27)18-15(10-33-22-23-12(2)14(25-22)7-8-32-3)24-21(28)26-19(18)13-5-6-16-17(9-13)31-11-30-16/h5-6,9,19H,4,7-8,10-11H2,1-3H3,(H,23,25)(H2,24,26,28)/t19-/m1/s1. The number of benzene rings is 1. The van der Waals surface area contributed by atoms with E-state index in [0.717, 1.165) is 28.7 Å². The van der Waals surface area contributed by atoms with Gasteiger partial charge < -0.3 is 29.8 Å². The smallest absolute Gasteiger partial charge is 0.338 e. The van der Waals surface area contributed by atoms with Crippen LogP contribution in [0, 0.1) is 6.92 Å². The van der Waals surface area contributed by atoms with Gasteiger partial charge >= 0.3 is 12.0 Å². The van der Waals surface area contributed by atoms with E-state index in [1.165, 1.54) is 11.8 Å². The van der Waals surface area contributed by atoms with Gasteiger partial charge in [-0.25, -0.2) is 14.6 Å². The van der Waals surface area contributed by atoms with E-state index in [-0.39, 0.29) is 13.4 Å².